The van der Waals surface area contributed by atoms with Gasteiger partial charge in [0.25, 0.3) is 0 Å². The van der Waals surface area contributed by atoms with E-state index in [1.54, 1.807) is 0 Å². The van der Waals surface area contributed by atoms with Crippen molar-refractivity contribution in [3.63, 3.8) is 0 Å². The normalized spacial score (nSPS) is 16.7. The second kappa shape index (κ2) is 7.92. The van der Waals surface area contributed by atoms with Crippen LogP contribution in [-0.2, 0) is 11.3 Å². The van der Waals surface area contributed by atoms with Crippen molar-refractivity contribution >= 4 is 23.4 Å². The number of para-hydroxylation sites is 2. The molecule has 3 nitrogen and oxygen atoms in total. The summed E-state index contributed by atoms with van der Waals surface area (Å²) in [6, 6.07) is 28.3. The van der Waals surface area contributed by atoms with Crippen molar-refractivity contribution < 1.29 is 4.79 Å². The van der Waals surface area contributed by atoms with Crippen molar-refractivity contribution in [2.45, 2.75) is 19.0 Å². The van der Waals surface area contributed by atoms with E-state index >= 15 is 0 Å². The topological polar surface area (TPSA) is 32.3 Å². The first-order valence-corrected chi connectivity index (χ1v) is 9.23. The van der Waals surface area contributed by atoms with Crippen LogP contribution in [-0.4, -0.2) is 11.9 Å². The van der Waals surface area contributed by atoms with Crippen LogP contribution in [0.2, 0.25) is 0 Å². The third-order valence-electron chi connectivity index (χ3n) is 4.74. The highest BCUT2D eigenvalue weighted by Crippen LogP contribution is 2.32. The first kappa shape index (κ1) is 17.1. The van der Waals surface area contributed by atoms with Gasteiger partial charge in [-0.1, -0.05) is 84.9 Å². The Balaban J connectivity index is 1.61. The van der Waals surface area contributed by atoms with E-state index in [0.717, 1.165) is 22.5 Å². The lowest BCUT2D eigenvalue weighted by Crippen LogP contribution is -2.31. The zero-order valence-corrected chi connectivity index (χ0v) is 15.1. The summed E-state index contributed by atoms with van der Waals surface area (Å²) < 4.78 is 0. The van der Waals surface area contributed by atoms with Crippen molar-refractivity contribution in [3.8, 4) is 0 Å². The Kier molecular flexibility index (Phi) is 5.01. The number of carbonyl (C=O) groups is 1. The molecular formula is C24H22N2O. The van der Waals surface area contributed by atoms with Crippen molar-refractivity contribution in [1.82, 2.24) is 0 Å². The largest absolute Gasteiger partial charge is 0.377 e. The summed E-state index contributed by atoms with van der Waals surface area (Å²) in [5, 5.41) is 3.53. The van der Waals surface area contributed by atoms with E-state index in [0.29, 0.717) is 13.0 Å². The van der Waals surface area contributed by atoms with E-state index < -0.39 is 0 Å². The average molecular weight is 354 g/mol. The number of hydrogen-bond donors (Lipinski definition) is 1. The summed E-state index contributed by atoms with van der Waals surface area (Å²) in [6.07, 6.45) is 4.57. The fourth-order valence-corrected chi connectivity index (χ4v) is 3.36. The van der Waals surface area contributed by atoms with Crippen LogP contribution in [0.5, 0.6) is 0 Å². The van der Waals surface area contributed by atoms with Gasteiger partial charge in [0.15, 0.2) is 0 Å². The van der Waals surface area contributed by atoms with E-state index in [1.165, 1.54) is 0 Å². The molecule has 1 atom stereocenters. The Morgan fingerprint density at radius 3 is 2.33 bits per heavy atom. The minimum Gasteiger partial charge on any atom is -0.377 e. The van der Waals surface area contributed by atoms with Crippen molar-refractivity contribution in [3.05, 3.63) is 102 Å². The maximum atomic E-state index is 13.1. The van der Waals surface area contributed by atoms with Crippen LogP contribution < -0.4 is 10.2 Å². The second-order valence-electron chi connectivity index (χ2n) is 6.71. The molecule has 0 aromatic heterocycles. The van der Waals surface area contributed by atoms with Crippen LogP contribution in [0.15, 0.2) is 91.0 Å². The third-order valence-corrected chi connectivity index (χ3v) is 4.74. The number of benzene rings is 3. The molecule has 3 aromatic rings. The highest BCUT2D eigenvalue weighted by molar-refractivity contribution is 5.99. The van der Waals surface area contributed by atoms with Gasteiger partial charge < -0.3 is 10.2 Å². The van der Waals surface area contributed by atoms with Gasteiger partial charge in [0.2, 0.25) is 5.91 Å². The number of rotatable bonds is 4. The van der Waals surface area contributed by atoms with Gasteiger partial charge in [-0.15, -0.1) is 0 Å². The molecule has 1 amide bonds. The molecule has 1 unspecified atom stereocenters. The summed E-state index contributed by atoms with van der Waals surface area (Å²) in [5.74, 6) is 0.124. The average Bonchev–Trinajstić information content (AvgIpc) is 2.85. The minimum atomic E-state index is -0.0420. The molecule has 0 fully saturated rings. The predicted molar refractivity (Wildman–Crippen MR) is 112 cm³/mol. The number of nitrogens with zero attached hydrogens (tertiary/aromatic N) is 1. The van der Waals surface area contributed by atoms with Gasteiger partial charge in [-0.3, -0.25) is 4.79 Å². The monoisotopic (exact) mass is 354 g/mol. The maximum Gasteiger partial charge on any atom is 0.229 e. The molecule has 4 rings (SSSR count). The van der Waals surface area contributed by atoms with Crippen molar-refractivity contribution in [2.75, 3.05) is 10.2 Å². The SMILES string of the molecule is O=C1CC(/C=C/c2ccccc2)Nc2ccccc2N1Cc1ccccc1. The molecule has 0 spiro atoms. The number of carbonyl (C=O) groups excluding carboxylic acids is 1. The Labute approximate surface area is 160 Å². The van der Waals surface area contributed by atoms with Crippen LogP contribution in [0.3, 0.4) is 0 Å². The molecule has 1 aliphatic rings. The molecule has 0 aliphatic carbocycles. The summed E-state index contributed by atoms with van der Waals surface area (Å²) >= 11 is 0. The molecule has 1 heterocycles. The van der Waals surface area contributed by atoms with Gasteiger partial charge in [0, 0.05) is 0 Å². The van der Waals surface area contributed by atoms with Crippen LogP contribution in [0.4, 0.5) is 11.4 Å². The third kappa shape index (κ3) is 4.09. The fraction of sp³-hybridized carbons (Fsp3) is 0.125. The molecule has 3 heteroatoms. The first-order valence-electron chi connectivity index (χ1n) is 9.23. The van der Waals surface area contributed by atoms with Crippen LogP contribution in [0.25, 0.3) is 6.08 Å². The fourth-order valence-electron chi connectivity index (χ4n) is 3.36. The lowest BCUT2D eigenvalue weighted by molar-refractivity contribution is -0.118. The number of hydrogen-bond acceptors (Lipinski definition) is 2. The van der Waals surface area contributed by atoms with E-state index in [4.69, 9.17) is 0 Å². The van der Waals surface area contributed by atoms with Gasteiger partial charge in [0.05, 0.1) is 30.4 Å². The molecule has 27 heavy (non-hydrogen) atoms. The molecule has 3 aromatic carbocycles. The molecule has 0 bridgehead atoms. The number of amides is 1. The zero-order valence-electron chi connectivity index (χ0n) is 15.1. The number of anilines is 2. The van der Waals surface area contributed by atoms with Gasteiger partial charge in [-0.05, 0) is 23.3 Å². The van der Waals surface area contributed by atoms with Gasteiger partial charge in [-0.25, -0.2) is 0 Å². The lowest BCUT2D eigenvalue weighted by Gasteiger charge is -2.22. The Bertz CT molecular complexity index is 935. The summed E-state index contributed by atoms with van der Waals surface area (Å²) in [6.45, 7) is 0.577. The van der Waals surface area contributed by atoms with Crippen LogP contribution in [0, 0.1) is 0 Å². The summed E-state index contributed by atoms with van der Waals surface area (Å²) in [5.41, 5.74) is 4.17. The van der Waals surface area contributed by atoms with Crippen molar-refractivity contribution in [1.29, 1.82) is 0 Å². The summed E-state index contributed by atoms with van der Waals surface area (Å²) in [7, 11) is 0. The van der Waals surface area contributed by atoms with Gasteiger partial charge >= 0.3 is 0 Å². The molecule has 1 aliphatic heterocycles. The lowest BCUT2D eigenvalue weighted by atomic mass is 10.1. The smallest absolute Gasteiger partial charge is 0.229 e. The Hall–Kier alpha value is -3.33. The van der Waals surface area contributed by atoms with E-state index in [1.807, 2.05) is 65.6 Å². The van der Waals surface area contributed by atoms with E-state index in [9.17, 15) is 4.79 Å². The molecule has 1 N–H and O–H groups in total. The van der Waals surface area contributed by atoms with Crippen LogP contribution >= 0.6 is 0 Å². The zero-order chi connectivity index (χ0) is 18.5. The molecule has 134 valence electrons. The minimum absolute atomic E-state index is 0.0420. The first-order chi connectivity index (χ1) is 13.3. The highest BCUT2D eigenvalue weighted by atomic mass is 16.2. The molecule has 0 radical (unpaired) electrons. The maximum absolute atomic E-state index is 13.1. The summed E-state index contributed by atoms with van der Waals surface area (Å²) in [4.78, 5) is 14.9. The number of nitrogens with one attached hydrogen (secondary N) is 1. The van der Waals surface area contributed by atoms with E-state index in [-0.39, 0.29) is 11.9 Å². The van der Waals surface area contributed by atoms with Crippen LogP contribution in [0.1, 0.15) is 17.5 Å². The molecular weight excluding hydrogens is 332 g/mol. The quantitative estimate of drug-likeness (QED) is 0.705. The van der Waals surface area contributed by atoms with E-state index in [2.05, 4.69) is 41.7 Å². The molecule has 0 saturated heterocycles. The molecule has 0 saturated carbocycles. The highest BCUT2D eigenvalue weighted by Gasteiger charge is 2.26. The second-order valence-corrected chi connectivity index (χ2v) is 6.71. The van der Waals surface area contributed by atoms with Gasteiger partial charge in [0.1, 0.15) is 0 Å². The van der Waals surface area contributed by atoms with Crippen molar-refractivity contribution in [2.24, 2.45) is 0 Å². The Morgan fingerprint density at radius 1 is 0.889 bits per heavy atom. The Morgan fingerprint density at radius 2 is 1.56 bits per heavy atom. The standard InChI is InChI=1S/C24H22N2O/c27-24-17-21(16-15-19-9-3-1-4-10-19)25-22-13-7-8-14-23(22)26(24)18-20-11-5-2-6-12-20/h1-16,21,25H,17-18H2/b16-15+. The number of fused-ring (bicyclic) bond motifs is 1. The van der Waals surface area contributed by atoms with Gasteiger partial charge in [-0.2, -0.15) is 0 Å². The predicted octanol–water partition coefficient (Wildman–Crippen LogP) is 5.12.